The summed E-state index contributed by atoms with van der Waals surface area (Å²) in [4.78, 5) is 11.9. The van der Waals surface area contributed by atoms with Gasteiger partial charge >= 0.3 is 0 Å². The van der Waals surface area contributed by atoms with Crippen molar-refractivity contribution in [2.75, 3.05) is 10.1 Å². The van der Waals surface area contributed by atoms with Crippen molar-refractivity contribution in [1.82, 2.24) is 9.55 Å². The van der Waals surface area contributed by atoms with Crippen molar-refractivity contribution in [3.05, 3.63) is 265 Å². The minimum absolute atomic E-state index is 0.680. The average molecular weight is 833 g/mol. The van der Waals surface area contributed by atoms with Crippen LogP contribution in [-0.4, -0.2) is 9.55 Å². The van der Waals surface area contributed by atoms with E-state index in [9.17, 15) is 0 Å². The zero-order chi connectivity index (χ0) is 42.9. The van der Waals surface area contributed by atoms with Gasteiger partial charge in [0.1, 0.15) is 5.82 Å². The molecule has 0 unspecified atom stereocenters. The smallest absolute Gasteiger partial charge is 0.138 e. The third-order valence-electron chi connectivity index (χ3n) is 13.3. The second kappa shape index (κ2) is 14.8. The van der Waals surface area contributed by atoms with E-state index in [4.69, 9.17) is 9.92 Å². The lowest BCUT2D eigenvalue weighted by Gasteiger charge is -2.34. The van der Waals surface area contributed by atoms with Gasteiger partial charge in [-0.1, -0.05) is 176 Å². The predicted molar refractivity (Wildman–Crippen MR) is 265 cm³/mol. The number of anilines is 4. The standard InChI is InChI=1S/C60H40N4O/c1-3-18-41(19-4-1)47-24-7-8-25-48(47)42-36-37-61-59(38-42)62-55-31-14-11-28-51(55)52-35-34-44(40-58(52)62)60(53-29-12-9-26-49(53)50-27-10-13-30-54(50)60)43-20-17-23-46(39-43)64-57-33-16-15-32-56(57)63(65-64)45-21-5-2-6-22-45/h1-40H. The Morgan fingerprint density at radius 3 is 1.66 bits per heavy atom. The first-order chi connectivity index (χ1) is 32.3. The van der Waals surface area contributed by atoms with Crippen LogP contribution >= 0.6 is 0 Å². The summed E-state index contributed by atoms with van der Waals surface area (Å²) in [5.41, 5.74) is 17.3. The van der Waals surface area contributed by atoms with Crippen LogP contribution in [0.1, 0.15) is 22.3 Å². The SMILES string of the molecule is c1ccc(-c2ccccc2-c2ccnc(-n3c4ccccc4c4ccc(C5(c6cccc(N7ON(c8ccccc8)c8ccccc87)c6)c6ccccc6-c6ccccc65)cc43)c2)cc1. The van der Waals surface area contributed by atoms with Crippen LogP contribution in [-0.2, 0) is 10.4 Å². The number of rotatable bonds is 7. The van der Waals surface area contributed by atoms with Crippen LogP contribution in [0.5, 0.6) is 0 Å². The molecule has 2 aromatic heterocycles. The molecule has 3 heterocycles. The molecular formula is C60H40N4O. The van der Waals surface area contributed by atoms with E-state index in [0.717, 1.165) is 50.7 Å². The summed E-state index contributed by atoms with van der Waals surface area (Å²) in [5, 5.41) is 6.23. The fourth-order valence-electron chi connectivity index (χ4n) is 10.6. The molecule has 1 aliphatic heterocycles. The monoisotopic (exact) mass is 832 g/mol. The summed E-state index contributed by atoms with van der Waals surface area (Å²) in [6.07, 6.45) is 1.95. The van der Waals surface area contributed by atoms with E-state index in [-0.39, 0.29) is 0 Å². The molecule has 0 N–H and O–H groups in total. The van der Waals surface area contributed by atoms with Crippen molar-refractivity contribution in [3.8, 4) is 39.2 Å². The van der Waals surface area contributed by atoms with E-state index in [1.54, 1.807) is 0 Å². The number of benzene rings is 9. The molecule has 0 radical (unpaired) electrons. The lowest BCUT2D eigenvalue weighted by molar-refractivity contribution is 0.156. The minimum atomic E-state index is -0.680. The third kappa shape index (κ3) is 5.66. The van der Waals surface area contributed by atoms with Crippen LogP contribution in [0.4, 0.5) is 22.7 Å². The lowest BCUT2D eigenvalue weighted by atomic mass is 9.67. The number of para-hydroxylation sites is 4. The Morgan fingerprint density at radius 1 is 0.369 bits per heavy atom. The Morgan fingerprint density at radius 2 is 0.923 bits per heavy atom. The van der Waals surface area contributed by atoms with Crippen molar-refractivity contribution < 1.29 is 4.94 Å². The summed E-state index contributed by atoms with van der Waals surface area (Å²) in [5.74, 6) is 0.866. The van der Waals surface area contributed by atoms with E-state index in [2.05, 4.69) is 223 Å². The van der Waals surface area contributed by atoms with Gasteiger partial charge in [-0.25, -0.2) is 4.98 Å². The van der Waals surface area contributed by atoms with Crippen molar-refractivity contribution in [1.29, 1.82) is 0 Å². The largest absolute Gasteiger partial charge is 0.294 e. The predicted octanol–water partition coefficient (Wildman–Crippen LogP) is 15.0. The molecule has 5 nitrogen and oxygen atoms in total. The van der Waals surface area contributed by atoms with Gasteiger partial charge in [0, 0.05) is 17.0 Å². The molecular weight excluding hydrogens is 793 g/mol. The average Bonchev–Trinajstić information content (AvgIpc) is 4.04. The molecule has 0 saturated heterocycles. The van der Waals surface area contributed by atoms with Crippen LogP contribution in [0.3, 0.4) is 0 Å². The van der Waals surface area contributed by atoms with Gasteiger partial charge in [-0.05, 0) is 116 Å². The summed E-state index contributed by atoms with van der Waals surface area (Å²) in [6, 6.07) is 84.8. The van der Waals surface area contributed by atoms with Gasteiger partial charge in [-0.3, -0.25) is 4.57 Å². The number of nitrogens with zero attached hydrogens (tertiary/aromatic N) is 4. The first-order valence-electron chi connectivity index (χ1n) is 22.1. The van der Waals surface area contributed by atoms with Gasteiger partial charge in [0.05, 0.1) is 39.2 Å². The van der Waals surface area contributed by atoms with Crippen LogP contribution < -0.4 is 10.1 Å². The highest BCUT2D eigenvalue weighted by Crippen LogP contribution is 2.57. The van der Waals surface area contributed by atoms with Gasteiger partial charge in [0.25, 0.3) is 0 Å². The number of aromatic nitrogens is 2. The summed E-state index contributed by atoms with van der Waals surface area (Å²) in [6.45, 7) is 0. The quantitative estimate of drug-likeness (QED) is 0.160. The maximum Gasteiger partial charge on any atom is 0.138 e. The third-order valence-corrected chi connectivity index (χ3v) is 13.3. The molecule has 5 heteroatoms. The maximum absolute atomic E-state index is 6.79. The zero-order valence-electron chi connectivity index (χ0n) is 35.3. The van der Waals surface area contributed by atoms with Crippen molar-refractivity contribution in [2.45, 2.75) is 5.41 Å². The van der Waals surface area contributed by atoms with Crippen molar-refractivity contribution in [3.63, 3.8) is 0 Å². The topological polar surface area (TPSA) is 33.5 Å². The first-order valence-corrected chi connectivity index (χ1v) is 22.1. The lowest BCUT2D eigenvalue weighted by Crippen LogP contribution is -2.29. The molecule has 2 aliphatic rings. The van der Waals surface area contributed by atoms with Gasteiger partial charge in [-0.15, -0.1) is 4.94 Å². The summed E-state index contributed by atoms with van der Waals surface area (Å²) >= 11 is 0. The zero-order valence-corrected chi connectivity index (χ0v) is 35.3. The molecule has 1 aliphatic carbocycles. The Labute approximate surface area is 377 Å². The van der Waals surface area contributed by atoms with Gasteiger partial charge in [0.15, 0.2) is 0 Å². The number of fused-ring (bicyclic) bond motifs is 7. The Hall–Kier alpha value is -8.51. The van der Waals surface area contributed by atoms with E-state index in [0.29, 0.717) is 0 Å². The Kier molecular flexibility index (Phi) is 8.45. The molecule has 306 valence electrons. The number of pyridine rings is 1. The van der Waals surface area contributed by atoms with Gasteiger partial charge in [0.2, 0.25) is 0 Å². The van der Waals surface area contributed by atoms with Gasteiger partial charge < -0.3 is 0 Å². The Balaban J connectivity index is 1.03. The minimum Gasteiger partial charge on any atom is -0.294 e. The van der Waals surface area contributed by atoms with E-state index >= 15 is 0 Å². The molecule has 13 rings (SSSR count). The molecule has 0 spiro atoms. The summed E-state index contributed by atoms with van der Waals surface area (Å²) < 4.78 is 2.35. The van der Waals surface area contributed by atoms with Crippen LogP contribution in [0.2, 0.25) is 0 Å². The van der Waals surface area contributed by atoms with E-state index in [1.807, 2.05) is 34.5 Å². The fraction of sp³-hybridized carbons (Fsp3) is 0.0167. The molecule has 0 saturated carbocycles. The van der Waals surface area contributed by atoms with Crippen LogP contribution in [0.25, 0.3) is 61.0 Å². The maximum atomic E-state index is 6.79. The van der Waals surface area contributed by atoms with Crippen molar-refractivity contribution in [2.24, 2.45) is 0 Å². The van der Waals surface area contributed by atoms with Crippen LogP contribution in [0, 0.1) is 0 Å². The van der Waals surface area contributed by atoms with Crippen molar-refractivity contribution >= 4 is 44.6 Å². The molecule has 11 aromatic rings. The normalized spacial score (nSPS) is 13.5. The fourth-order valence-corrected chi connectivity index (χ4v) is 10.6. The molecule has 0 fully saturated rings. The second-order valence-electron chi connectivity index (χ2n) is 16.8. The highest BCUT2D eigenvalue weighted by molar-refractivity contribution is 6.09. The molecule has 0 amide bonds. The molecule has 9 aromatic carbocycles. The van der Waals surface area contributed by atoms with Crippen LogP contribution in [0.15, 0.2) is 243 Å². The second-order valence-corrected chi connectivity index (χ2v) is 16.8. The molecule has 65 heavy (non-hydrogen) atoms. The highest BCUT2D eigenvalue weighted by Gasteiger charge is 2.46. The summed E-state index contributed by atoms with van der Waals surface area (Å²) in [7, 11) is 0. The first kappa shape index (κ1) is 37.1. The Bertz CT molecular complexity index is 3570. The molecule has 0 bridgehead atoms. The highest BCUT2D eigenvalue weighted by atomic mass is 16.8. The number of hydrogen-bond donors (Lipinski definition) is 0. The van der Waals surface area contributed by atoms with Gasteiger partial charge in [-0.2, -0.15) is 10.1 Å². The number of hydrogen-bond acceptors (Lipinski definition) is 4. The van der Waals surface area contributed by atoms with E-state index < -0.39 is 5.41 Å². The van der Waals surface area contributed by atoms with E-state index in [1.165, 1.54) is 55.3 Å². The molecule has 0 atom stereocenters.